The molecule has 2 nitrogen and oxygen atoms in total. The highest BCUT2D eigenvalue weighted by atomic mass is 16.3. The minimum atomic E-state index is -0.664. The van der Waals surface area contributed by atoms with E-state index in [2.05, 4.69) is 19.9 Å². The minimum Gasteiger partial charge on any atom is -0.390 e. The Labute approximate surface area is 104 Å². The fourth-order valence-electron chi connectivity index (χ4n) is 3.67. The van der Waals surface area contributed by atoms with Gasteiger partial charge >= 0.3 is 0 Å². The first kappa shape index (κ1) is 12.8. The van der Waals surface area contributed by atoms with Gasteiger partial charge in [0.1, 0.15) is 0 Å². The van der Waals surface area contributed by atoms with Gasteiger partial charge in [-0.2, -0.15) is 0 Å². The van der Waals surface area contributed by atoms with E-state index in [9.17, 15) is 9.90 Å². The van der Waals surface area contributed by atoms with Crippen molar-refractivity contribution in [3.63, 3.8) is 0 Å². The molecule has 0 aromatic carbocycles. The van der Waals surface area contributed by atoms with Crippen LogP contribution in [-0.4, -0.2) is 16.5 Å². The van der Waals surface area contributed by atoms with Crippen LogP contribution in [0.3, 0.4) is 0 Å². The Balaban J connectivity index is 2.35. The third-order valence-corrected chi connectivity index (χ3v) is 4.89. The van der Waals surface area contributed by atoms with Gasteiger partial charge in [0.2, 0.25) is 0 Å². The van der Waals surface area contributed by atoms with E-state index in [1.165, 1.54) is 0 Å². The summed E-state index contributed by atoms with van der Waals surface area (Å²) in [5, 5.41) is 10.5. The second kappa shape index (κ2) is 4.24. The van der Waals surface area contributed by atoms with E-state index in [4.69, 9.17) is 0 Å². The summed E-state index contributed by atoms with van der Waals surface area (Å²) in [6.45, 7) is 8.32. The predicted molar refractivity (Wildman–Crippen MR) is 68.5 cm³/mol. The van der Waals surface area contributed by atoms with Crippen LogP contribution >= 0.6 is 0 Å². The molecule has 2 heteroatoms. The van der Waals surface area contributed by atoms with Crippen LogP contribution in [0.25, 0.3) is 0 Å². The van der Waals surface area contributed by atoms with E-state index in [0.29, 0.717) is 24.2 Å². The lowest BCUT2D eigenvalue weighted by Gasteiger charge is -2.49. The summed E-state index contributed by atoms with van der Waals surface area (Å²) in [6.07, 6.45) is 4.57. The zero-order chi connectivity index (χ0) is 12.8. The van der Waals surface area contributed by atoms with E-state index in [1.807, 2.05) is 13.8 Å². The molecule has 1 fully saturated rings. The zero-order valence-electron chi connectivity index (χ0n) is 11.4. The summed E-state index contributed by atoms with van der Waals surface area (Å²) in [5.74, 6) is 1.96. The average molecular weight is 236 g/mol. The molecule has 0 radical (unpaired) electrons. The van der Waals surface area contributed by atoms with Crippen molar-refractivity contribution in [2.75, 3.05) is 0 Å². The molecule has 1 N–H and O–H groups in total. The molecule has 0 aromatic rings. The van der Waals surface area contributed by atoms with Crippen LogP contribution in [0.15, 0.2) is 11.6 Å². The molecule has 2 aliphatic rings. The van der Waals surface area contributed by atoms with Gasteiger partial charge in [-0.05, 0) is 50.0 Å². The molecule has 0 unspecified atom stereocenters. The summed E-state index contributed by atoms with van der Waals surface area (Å²) in [6, 6.07) is 0. The number of hydrogen-bond acceptors (Lipinski definition) is 2. The van der Waals surface area contributed by atoms with E-state index in [-0.39, 0.29) is 11.7 Å². The standard InChI is InChI=1S/C15H24O2/c1-9(2)11-5-6-15(4,17)13-8-14(16)10(3)7-12(11)13/h7,9,11-13,17H,5-6,8H2,1-4H3/t11-,12-,13-,15-/m0/s1. The lowest BCUT2D eigenvalue weighted by Crippen LogP contribution is -2.49. The maximum absolute atomic E-state index is 11.8. The van der Waals surface area contributed by atoms with Crippen molar-refractivity contribution in [3.8, 4) is 0 Å². The second-order valence-corrected chi connectivity index (χ2v) is 6.46. The number of rotatable bonds is 1. The second-order valence-electron chi connectivity index (χ2n) is 6.46. The number of carbonyl (C=O) groups excluding carboxylic acids is 1. The number of hydrogen-bond donors (Lipinski definition) is 1. The van der Waals surface area contributed by atoms with Crippen LogP contribution in [0.5, 0.6) is 0 Å². The van der Waals surface area contributed by atoms with Gasteiger partial charge in [0, 0.05) is 12.3 Å². The van der Waals surface area contributed by atoms with Crippen molar-refractivity contribution >= 4 is 5.78 Å². The van der Waals surface area contributed by atoms with Gasteiger partial charge in [0.15, 0.2) is 5.78 Å². The molecule has 17 heavy (non-hydrogen) atoms. The van der Waals surface area contributed by atoms with E-state index >= 15 is 0 Å². The summed E-state index contributed by atoms with van der Waals surface area (Å²) < 4.78 is 0. The predicted octanol–water partition coefficient (Wildman–Crippen LogP) is 2.95. The highest BCUT2D eigenvalue weighted by molar-refractivity contribution is 5.95. The van der Waals surface area contributed by atoms with Crippen LogP contribution in [0.1, 0.15) is 47.0 Å². The molecule has 0 bridgehead atoms. The van der Waals surface area contributed by atoms with E-state index < -0.39 is 5.60 Å². The van der Waals surface area contributed by atoms with Crippen molar-refractivity contribution in [2.24, 2.45) is 23.7 Å². The van der Waals surface area contributed by atoms with Crippen LogP contribution in [0, 0.1) is 23.7 Å². The normalized spacial score (nSPS) is 42.4. The molecule has 4 atom stereocenters. The molecular weight excluding hydrogens is 212 g/mol. The molecule has 0 aliphatic heterocycles. The van der Waals surface area contributed by atoms with Gasteiger partial charge in [-0.1, -0.05) is 19.9 Å². The smallest absolute Gasteiger partial charge is 0.158 e. The monoisotopic (exact) mass is 236 g/mol. The maximum Gasteiger partial charge on any atom is 0.158 e. The van der Waals surface area contributed by atoms with Crippen LogP contribution in [0.4, 0.5) is 0 Å². The number of Topliss-reactive ketones (excluding diaryl/α,β-unsaturated/α-hetero) is 1. The van der Waals surface area contributed by atoms with E-state index in [0.717, 1.165) is 18.4 Å². The third-order valence-electron chi connectivity index (χ3n) is 4.89. The van der Waals surface area contributed by atoms with Gasteiger partial charge < -0.3 is 5.11 Å². The van der Waals surface area contributed by atoms with Gasteiger partial charge in [-0.3, -0.25) is 4.79 Å². The van der Waals surface area contributed by atoms with Crippen molar-refractivity contribution in [2.45, 2.75) is 52.6 Å². The summed E-state index contributed by atoms with van der Waals surface area (Å²) >= 11 is 0. The Morgan fingerprint density at radius 3 is 2.71 bits per heavy atom. The van der Waals surface area contributed by atoms with Gasteiger partial charge in [0.25, 0.3) is 0 Å². The number of allylic oxidation sites excluding steroid dienone is 2. The highest BCUT2D eigenvalue weighted by Crippen LogP contribution is 2.48. The van der Waals surface area contributed by atoms with E-state index in [1.54, 1.807) is 0 Å². The van der Waals surface area contributed by atoms with Gasteiger partial charge in [-0.25, -0.2) is 0 Å². The molecule has 0 aromatic heterocycles. The van der Waals surface area contributed by atoms with Crippen molar-refractivity contribution in [1.82, 2.24) is 0 Å². The molecule has 2 aliphatic carbocycles. The number of carbonyl (C=O) groups is 1. The molecule has 0 heterocycles. The fourth-order valence-corrected chi connectivity index (χ4v) is 3.67. The number of fused-ring (bicyclic) bond motifs is 1. The zero-order valence-corrected chi connectivity index (χ0v) is 11.4. The first-order valence-electron chi connectivity index (χ1n) is 6.77. The van der Waals surface area contributed by atoms with Crippen LogP contribution < -0.4 is 0 Å². The molecule has 0 spiro atoms. The van der Waals surface area contributed by atoms with Gasteiger partial charge in [0.05, 0.1) is 5.60 Å². The molecule has 1 saturated carbocycles. The first-order chi connectivity index (χ1) is 7.83. The van der Waals surface area contributed by atoms with Crippen molar-refractivity contribution < 1.29 is 9.90 Å². The Kier molecular flexibility index (Phi) is 3.19. The number of ketones is 1. The lowest BCUT2D eigenvalue weighted by molar-refractivity contribution is -0.126. The fraction of sp³-hybridized carbons (Fsp3) is 0.800. The van der Waals surface area contributed by atoms with Crippen LogP contribution in [0.2, 0.25) is 0 Å². The summed E-state index contributed by atoms with van der Waals surface area (Å²) in [5.41, 5.74) is 0.234. The summed E-state index contributed by atoms with van der Waals surface area (Å²) in [7, 11) is 0. The van der Waals surface area contributed by atoms with Crippen LogP contribution in [-0.2, 0) is 4.79 Å². The molecule has 2 rings (SSSR count). The Morgan fingerprint density at radius 1 is 1.47 bits per heavy atom. The quantitative estimate of drug-likeness (QED) is 0.760. The highest BCUT2D eigenvalue weighted by Gasteiger charge is 2.47. The first-order valence-corrected chi connectivity index (χ1v) is 6.77. The van der Waals surface area contributed by atoms with Crippen molar-refractivity contribution in [3.05, 3.63) is 11.6 Å². The average Bonchev–Trinajstić information content (AvgIpc) is 2.20. The number of aliphatic hydroxyl groups is 1. The van der Waals surface area contributed by atoms with Crippen molar-refractivity contribution in [1.29, 1.82) is 0 Å². The molecule has 96 valence electrons. The minimum absolute atomic E-state index is 0.125. The Hall–Kier alpha value is -0.630. The Bertz CT molecular complexity index is 352. The molecule has 0 amide bonds. The van der Waals surface area contributed by atoms with Gasteiger partial charge in [-0.15, -0.1) is 0 Å². The lowest BCUT2D eigenvalue weighted by atomic mass is 9.58. The topological polar surface area (TPSA) is 37.3 Å². The molecule has 0 saturated heterocycles. The maximum atomic E-state index is 11.8. The summed E-state index contributed by atoms with van der Waals surface area (Å²) in [4.78, 5) is 11.8. The third kappa shape index (κ3) is 2.20. The largest absolute Gasteiger partial charge is 0.390 e. The Morgan fingerprint density at radius 2 is 2.12 bits per heavy atom. The molecular formula is C15H24O2. The SMILES string of the molecule is CC1=C[C@H]2[C@H](C(C)C)CC[C@](C)(O)[C@H]2CC1=O.